The summed E-state index contributed by atoms with van der Waals surface area (Å²) in [4.78, 5) is 11.3. The molecule has 0 aliphatic heterocycles. The average molecular weight is 178 g/mol. The molecule has 0 saturated carbocycles. The smallest absolute Gasteiger partial charge is 0.288 e. The summed E-state index contributed by atoms with van der Waals surface area (Å²) >= 11 is 0. The van der Waals surface area contributed by atoms with Gasteiger partial charge in [0, 0.05) is 0 Å². The molecule has 4 nitrogen and oxygen atoms in total. The van der Waals surface area contributed by atoms with Gasteiger partial charge in [-0.1, -0.05) is 6.92 Å². The molecule has 0 bridgehead atoms. The van der Waals surface area contributed by atoms with Crippen molar-refractivity contribution in [1.29, 1.82) is 5.26 Å². The van der Waals surface area contributed by atoms with Crippen LogP contribution in [0.25, 0.3) is 0 Å². The van der Waals surface area contributed by atoms with Gasteiger partial charge < -0.3 is 9.73 Å². The molecule has 1 rings (SSSR count). The Hall–Kier alpha value is -1.76. The Kier molecular flexibility index (Phi) is 3.09. The summed E-state index contributed by atoms with van der Waals surface area (Å²) in [6, 6.07) is 4.71. The number of amides is 1. The summed E-state index contributed by atoms with van der Waals surface area (Å²) < 4.78 is 4.86. The number of furan rings is 1. The SMILES string of the molecule is CCC(C#N)NC(=O)c1ccco1. The van der Waals surface area contributed by atoms with E-state index in [0.29, 0.717) is 6.42 Å². The van der Waals surface area contributed by atoms with Crippen molar-refractivity contribution in [2.75, 3.05) is 0 Å². The minimum absolute atomic E-state index is 0.230. The van der Waals surface area contributed by atoms with Crippen LogP contribution in [0.2, 0.25) is 0 Å². The molecule has 13 heavy (non-hydrogen) atoms. The number of carbonyl (C=O) groups is 1. The second-order valence-electron chi connectivity index (χ2n) is 2.54. The van der Waals surface area contributed by atoms with Crippen LogP contribution in [0.3, 0.4) is 0 Å². The summed E-state index contributed by atoms with van der Waals surface area (Å²) in [7, 11) is 0. The fraction of sp³-hybridized carbons (Fsp3) is 0.333. The summed E-state index contributed by atoms with van der Waals surface area (Å²) in [5.74, 6) is -0.118. The molecule has 0 aliphatic rings. The zero-order valence-electron chi connectivity index (χ0n) is 7.28. The number of nitrogens with zero attached hydrogens (tertiary/aromatic N) is 1. The molecule has 0 aromatic carbocycles. The Bertz CT molecular complexity index is 311. The molecule has 1 atom stereocenters. The number of hydrogen-bond donors (Lipinski definition) is 1. The van der Waals surface area contributed by atoms with Gasteiger partial charge in [-0.15, -0.1) is 0 Å². The van der Waals surface area contributed by atoms with Gasteiger partial charge in [-0.3, -0.25) is 4.79 Å². The average Bonchev–Trinajstić information content (AvgIpc) is 2.66. The second kappa shape index (κ2) is 4.31. The maximum Gasteiger partial charge on any atom is 0.288 e. The molecule has 0 radical (unpaired) electrons. The zero-order valence-corrected chi connectivity index (χ0v) is 7.28. The van der Waals surface area contributed by atoms with Gasteiger partial charge >= 0.3 is 0 Å². The van der Waals surface area contributed by atoms with E-state index in [1.165, 1.54) is 6.26 Å². The minimum Gasteiger partial charge on any atom is -0.459 e. The molecular weight excluding hydrogens is 168 g/mol. The fourth-order valence-electron chi connectivity index (χ4n) is 0.863. The lowest BCUT2D eigenvalue weighted by Crippen LogP contribution is -2.32. The van der Waals surface area contributed by atoms with Crippen LogP contribution in [0.4, 0.5) is 0 Å². The van der Waals surface area contributed by atoms with Crippen molar-refractivity contribution in [3.63, 3.8) is 0 Å². The van der Waals surface area contributed by atoms with Crippen molar-refractivity contribution in [3.8, 4) is 6.07 Å². The highest BCUT2D eigenvalue weighted by Gasteiger charge is 2.12. The predicted molar refractivity (Wildman–Crippen MR) is 45.9 cm³/mol. The molecule has 4 heteroatoms. The quantitative estimate of drug-likeness (QED) is 0.758. The highest BCUT2D eigenvalue weighted by Crippen LogP contribution is 2.00. The first-order chi connectivity index (χ1) is 6.27. The van der Waals surface area contributed by atoms with Gasteiger partial charge in [0.25, 0.3) is 5.91 Å². The molecule has 68 valence electrons. The molecule has 0 saturated heterocycles. The van der Waals surface area contributed by atoms with Gasteiger partial charge in [0.2, 0.25) is 0 Å². The number of nitriles is 1. The van der Waals surface area contributed by atoms with E-state index in [4.69, 9.17) is 9.68 Å². The Morgan fingerprint density at radius 1 is 1.85 bits per heavy atom. The van der Waals surface area contributed by atoms with Crippen LogP contribution in [0.5, 0.6) is 0 Å². The van der Waals surface area contributed by atoms with Gasteiger partial charge in [-0.25, -0.2) is 0 Å². The van der Waals surface area contributed by atoms with Gasteiger partial charge in [-0.2, -0.15) is 5.26 Å². The molecule has 1 unspecified atom stereocenters. The highest BCUT2D eigenvalue weighted by molar-refractivity contribution is 5.91. The lowest BCUT2D eigenvalue weighted by Gasteiger charge is -2.06. The largest absolute Gasteiger partial charge is 0.459 e. The Morgan fingerprint density at radius 2 is 2.62 bits per heavy atom. The van der Waals surface area contributed by atoms with Crippen molar-refractivity contribution in [1.82, 2.24) is 5.32 Å². The standard InChI is InChI=1S/C9H10N2O2/c1-2-7(6-10)11-9(12)8-4-3-5-13-8/h3-5,7H,2H2,1H3,(H,11,12). The van der Waals surface area contributed by atoms with E-state index >= 15 is 0 Å². The monoisotopic (exact) mass is 178 g/mol. The van der Waals surface area contributed by atoms with Gasteiger partial charge in [-0.05, 0) is 18.6 Å². The number of rotatable bonds is 3. The van der Waals surface area contributed by atoms with E-state index in [2.05, 4.69) is 5.32 Å². The van der Waals surface area contributed by atoms with Crippen molar-refractivity contribution in [2.45, 2.75) is 19.4 Å². The summed E-state index contributed by atoms with van der Waals surface area (Å²) in [5, 5.41) is 11.1. The highest BCUT2D eigenvalue weighted by atomic mass is 16.3. The van der Waals surface area contributed by atoms with Crippen LogP contribution in [-0.4, -0.2) is 11.9 Å². The van der Waals surface area contributed by atoms with E-state index in [1.807, 2.05) is 13.0 Å². The molecule has 1 heterocycles. The van der Waals surface area contributed by atoms with E-state index in [-0.39, 0.29) is 11.7 Å². The van der Waals surface area contributed by atoms with Crippen LogP contribution in [0.15, 0.2) is 22.8 Å². The first-order valence-electron chi connectivity index (χ1n) is 4.02. The molecule has 1 aromatic heterocycles. The first kappa shape index (κ1) is 9.33. The normalized spacial score (nSPS) is 11.7. The van der Waals surface area contributed by atoms with Crippen LogP contribution >= 0.6 is 0 Å². The third-order valence-corrected chi connectivity index (χ3v) is 1.61. The van der Waals surface area contributed by atoms with E-state index < -0.39 is 6.04 Å². The first-order valence-corrected chi connectivity index (χ1v) is 4.02. The zero-order chi connectivity index (χ0) is 9.68. The van der Waals surface area contributed by atoms with Crippen LogP contribution in [0, 0.1) is 11.3 Å². The molecule has 0 aliphatic carbocycles. The van der Waals surface area contributed by atoms with Gasteiger partial charge in [0.05, 0.1) is 12.3 Å². The van der Waals surface area contributed by atoms with Crippen LogP contribution in [-0.2, 0) is 0 Å². The van der Waals surface area contributed by atoms with Crippen molar-refractivity contribution in [2.24, 2.45) is 0 Å². The second-order valence-corrected chi connectivity index (χ2v) is 2.54. The lowest BCUT2D eigenvalue weighted by molar-refractivity contribution is 0.0917. The predicted octanol–water partition coefficient (Wildman–Crippen LogP) is 1.31. The molecule has 1 N–H and O–H groups in total. The molecule has 1 aromatic rings. The minimum atomic E-state index is -0.447. The van der Waals surface area contributed by atoms with Crippen molar-refractivity contribution < 1.29 is 9.21 Å². The Morgan fingerprint density at radius 3 is 3.08 bits per heavy atom. The summed E-state index contributed by atoms with van der Waals surface area (Å²) in [6.45, 7) is 1.83. The molecule has 1 amide bonds. The number of hydrogen-bond acceptors (Lipinski definition) is 3. The summed E-state index contributed by atoms with van der Waals surface area (Å²) in [5.41, 5.74) is 0. The van der Waals surface area contributed by atoms with Crippen molar-refractivity contribution >= 4 is 5.91 Å². The molecule has 0 fully saturated rings. The molecule has 0 spiro atoms. The van der Waals surface area contributed by atoms with E-state index in [0.717, 1.165) is 0 Å². The van der Waals surface area contributed by atoms with Crippen LogP contribution in [0.1, 0.15) is 23.9 Å². The van der Waals surface area contributed by atoms with Crippen LogP contribution < -0.4 is 5.32 Å². The lowest BCUT2D eigenvalue weighted by atomic mass is 10.2. The number of carbonyl (C=O) groups excluding carboxylic acids is 1. The maximum atomic E-state index is 11.3. The topological polar surface area (TPSA) is 66.0 Å². The Labute approximate surface area is 76.2 Å². The van der Waals surface area contributed by atoms with Crippen molar-refractivity contribution in [3.05, 3.63) is 24.2 Å². The van der Waals surface area contributed by atoms with E-state index in [1.54, 1.807) is 12.1 Å². The summed E-state index contributed by atoms with van der Waals surface area (Å²) in [6.07, 6.45) is 2.01. The third kappa shape index (κ3) is 2.34. The third-order valence-electron chi connectivity index (χ3n) is 1.61. The van der Waals surface area contributed by atoms with Gasteiger partial charge in [0.1, 0.15) is 6.04 Å². The Balaban J connectivity index is 2.57. The molecular formula is C9H10N2O2. The van der Waals surface area contributed by atoms with Gasteiger partial charge in [0.15, 0.2) is 5.76 Å². The maximum absolute atomic E-state index is 11.3. The van der Waals surface area contributed by atoms with E-state index in [9.17, 15) is 4.79 Å². The fourth-order valence-corrected chi connectivity index (χ4v) is 0.863. The number of nitrogens with one attached hydrogen (secondary N) is 1.